The van der Waals surface area contributed by atoms with E-state index in [0.717, 1.165) is 16.6 Å². The van der Waals surface area contributed by atoms with Gasteiger partial charge in [-0.25, -0.2) is 12.7 Å². The van der Waals surface area contributed by atoms with E-state index >= 15 is 0 Å². The molecule has 0 aliphatic heterocycles. The van der Waals surface area contributed by atoms with Crippen molar-refractivity contribution in [3.63, 3.8) is 0 Å². The van der Waals surface area contributed by atoms with Gasteiger partial charge in [0, 0.05) is 19.8 Å². The van der Waals surface area contributed by atoms with E-state index < -0.39 is 21.6 Å². The van der Waals surface area contributed by atoms with Gasteiger partial charge in [0.05, 0.1) is 17.9 Å². The zero-order valence-electron chi connectivity index (χ0n) is 11.1. The second-order valence-electron chi connectivity index (χ2n) is 3.89. The van der Waals surface area contributed by atoms with Crippen LogP contribution in [0.25, 0.3) is 0 Å². The molecule has 0 saturated heterocycles. The minimum absolute atomic E-state index is 0.0298. The average Bonchev–Trinajstić information content (AvgIpc) is 2.39. The van der Waals surface area contributed by atoms with Crippen molar-refractivity contribution in [3.05, 3.63) is 27.6 Å². The molecule has 7 nitrogen and oxygen atoms in total. The number of aromatic nitrogens is 1. The second kappa shape index (κ2) is 6.87. The van der Waals surface area contributed by atoms with Gasteiger partial charge in [0.1, 0.15) is 5.02 Å². The Kier molecular flexibility index (Phi) is 5.73. The summed E-state index contributed by atoms with van der Waals surface area (Å²) in [6.07, 6.45) is 1.01. The van der Waals surface area contributed by atoms with Crippen molar-refractivity contribution in [2.45, 2.75) is 18.2 Å². The Balaban J connectivity index is 2.84. The van der Waals surface area contributed by atoms with Crippen LogP contribution in [0, 0.1) is 0 Å². The van der Waals surface area contributed by atoms with Gasteiger partial charge in [0.25, 0.3) is 5.56 Å². The van der Waals surface area contributed by atoms with Gasteiger partial charge >= 0.3 is 5.97 Å². The number of pyridine rings is 1. The summed E-state index contributed by atoms with van der Waals surface area (Å²) in [7, 11) is -2.49. The van der Waals surface area contributed by atoms with E-state index in [1.54, 1.807) is 6.92 Å². The standard InChI is InChI=1S/C11H15ClN2O5S/c1-3-19-10(15)4-5-14(2)20(17,18)8-6-9(12)11(16)13-7-8/h6-7H,3-5H2,1-2H3,(H,13,16). The van der Waals surface area contributed by atoms with Crippen LogP contribution in [0.15, 0.2) is 22.0 Å². The molecule has 0 spiro atoms. The molecule has 1 heterocycles. The minimum Gasteiger partial charge on any atom is -0.466 e. The summed E-state index contributed by atoms with van der Waals surface area (Å²) < 4.78 is 30.0. The fourth-order valence-electron chi connectivity index (χ4n) is 1.37. The number of nitrogens with zero attached hydrogens (tertiary/aromatic N) is 1. The topological polar surface area (TPSA) is 96.5 Å². The molecule has 0 aromatic carbocycles. The SMILES string of the molecule is CCOC(=O)CCN(C)S(=O)(=O)c1c[nH]c(=O)c(Cl)c1. The first-order chi connectivity index (χ1) is 9.28. The van der Waals surface area contributed by atoms with Crippen molar-refractivity contribution >= 4 is 27.6 Å². The van der Waals surface area contributed by atoms with Gasteiger partial charge < -0.3 is 9.72 Å². The Morgan fingerprint density at radius 3 is 2.70 bits per heavy atom. The van der Waals surface area contributed by atoms with Crippen molar-refractivity contribution in [1.29, 1.82) is 0 Å². The first-order valence-electron chi connectivity index (χ1n) is 5.79. The van der Waals surface area contributed by atoms with Gasteiger partial charge in [-0.3, -0.25) is 9.59 Å². The molecule has 0 atom stereocenters. The van der Waals surface area contributed by atoms with Crippen LogP contribution in [0.3, 0.4) is 0 Å². The molecule has 0 saturated carbocycles. The number of carbonyl (C=O) groups is 1. The zero-order valence-corrected chi connectivity index (χ0v) is 12.6. The van der Waals surface area contributed by atoms with E-state index in [4.69, 9.17) is 16.3 Å². The summed E-state index contributed by atoms with van der Waals surface area (Å²) in [6, 6.07) is 1.07. The third-order valence-corrected chi connectivity index (χ3v) is 4.59. The van der Waals surface area contributed by atoms with E-state index in [1.807, 2.05) is 0 Å². The first kappa shape index (κ1) is 16.7. The average molecular weight is 323 g/mol. The quantitative estimate of drug-likeness (QED) is 0.774. The van der Waals surface area contributed by atoms with E-state index in [2.05, 4.69) is 4.98 Å². The fraction of sp³-hybridized carbons (Fsp3) is 0.455. The van der Waals surface area contributed by atoms with Crippen molar-refractivity contribution in [2.24, 2.45) is 0 Å². The summed E-state index contributed by atoms with van der Waals surface area (Å²) >= 11 is 5.59. The summed E-state index contributed by atoms with van der Waals surface area (Å²) in [6.45, 7) is 1.88. The van der Waals surface area contributed by atoms with Crippen molar-refractivity contribution in [3.8, 4) is 0 Å². The predicted molar refractivity (Wildman–Crippen MR) is 73.1 cm³/mol. The molecule has 0 unspecified atom stereocenters. The smallest absolute Gasteiger partial charge is 0.307 e. The summed E-state index contributed by atoms with van der Waals surface area (Å²) in [4.78, 5) is 24.4. The zero-order chi connectivity index (χ0) is 15.3. The molecule has 1 N–H and O–H groups in total. The summed E-state index contributed by atoms with van der Waals surface area (Å²) in [5, 5.41) is -0.218. The van der Waals surface area contributed by atoms with Gasteiger partial charge in [-0.15, -0.1) is 0 Å². The summed E-state index contributed by atoms with van der Waals surface area (Å²) in [5.41, 5.74) is -0.570. The van der Waals surface area contributed by atoms with Gasteiger partial charge in [-0.1, -0.05) is 11.6 Å². The minimum atomic E-state index is -3.82. The Morgan fingerprint density at radius 1 is 1.50 bits per heavy atom. The molecule has 0 aliphatic carbocycles. The maximum Gasteiger partial charge on any atom is 0.307 e. The van der Waals surface area contributed by atoms with E-state index in [-0.39, 0.29) is 29.5 Å². The number of aromatic amines is 1. The molecule has 1 aromatic heterocycles. The highest BCUT2D eigenvalue weighted by molar-refractivity contribution is 7.89. The highest BCUT2D eigenvalue weighted by Crippen LogP contribution is 2.15. The highest BCUT2D eigenvalue weighted by Gasteiger charge is 2.22. The lowest BCUT2D eigenvalue weighted by atomic mass is 10.4. The number of hydrogen-bond donors (Lipinski definition) is 1. The lowest BCUT2D eigenvalue weighted by molar-refractivity contribution is -0.143. The number of sulfonamides is 1. The van der Waals surface area contributed by atoms with Gasteiger partial charge in [0.2, 0.25) is 10.0 Å². The number of hydrogen-bond acceptors (Lipinski definition) is 5. The lowest BCUT2D eigenvalue weighted by Gasteiger charge is -2.16. The second-order valence-corrected chi connectivity index (χ2v) is 6.35. The molecule has 112 valence electrons. The molecular formula is C11H15ClN2O5S. The molecule has 1 rings (SSSR count). The van der Waals surface area contributed by atoms with Crippen LogP contribution in [0.4, 0.5) is 0 Å². The number of carbonyl (C=O) groups excluding carboxylic acids is 1. The Morgan fingerprint density at radius 2 is 2.15 bits per heavy atom. The number of halogens is 1. The maximum absolute atomic E-state index is 12.2. The monoisotopic (exact) mass is 322 g/mol. The third kappa shape index (κ3) is 4.06. The number of H-pyrrole nitrogens is 1. The third-order valence-electron chi connectivity index (χ3n) is 2.48. The molecule has 0 radical (unpaired) electrons. The Bertz CT molecular complexity index is 640. The number of rotatable bonds is 6. The molecule has 1 aromatic rings. The Labute approximate surface area is 121 Å². The van der Waals surface area contributed by atoms with Crippen LogP contribution in [0.1, 0.15) is 13.3 Å². The van der Waals surface area contributed by atoms with Crippen LogP contribution >= 0.6 is 11.6 Å². The number of nitrogens with one attached hydrogen (secondary N) is 1. The molecule has 20 heavy (non-hydrogen) atoms. The van der Waals surface area contributed by atoms with Crippen LogP contribution in [-0.2, 0) is 19.6 Å². The largest absolute Gasteiger partial charge is 0.466 e. The van der Waals surface area contributed by atoms with E-state index in [0.29, 0.717) is 0 Å². The predicted octanol–water partition coefficient (Wildman–Crippen LogP) is 0.602. The van der Waals surface area contributed by atoms with Gasteiger partial charge in [-0.05, 0) is 13.0 Å². The van der Waals surface area contributed by atoms with Crippen LogP contribution < -0.4 is 5.56 Å². The van der Waals surface area contributed by atoms with Crippen LogP contribution in [-0.4, -0.2) is 43.9 Å². The van der Waals surface area contributed by atoms with Gasteiger partial charge in [-0.2, -0.15) is 0 Å². The molecular weight excluding hydrogens is 308 g/mol. The molecule has 0 fully saturated rings. The van der Waals surface area contributed by atoms with E-state index in [9.17, 15) is 18.0 Å². The lowest BCUT2D eigenvalue weighted by Crippen LogP contribution is -2.30. The maximum atomic E-state index is 12.2. The fourth-order valence-corrected chi connectivity index (χ4v) is 2.77. The molecule has 9 heteroatoms. The number of ether oxygens (including phenoxy) is 1. The molecule has 0 bridgehead atoms. The Hall–Kier alpha value is -1.38. The molecule has 0 aliphatic rings. The number of esters is 1. The normalized spacial score (nSPS) is 11.6. The van der Waals surface area contributed by atoms with Crippen molar-refractivity contribution < 1.29 is 17.9 Å². The van der Waals surface area contributed by atoms with Crippen LogP contribution in [0.5, 0.6) is 0 Å². The van der Waals surface area contributed by atoms with Crippen LogP contribution in [0.2, 0.25) is 5.02 Å². The molecule has 0 amide bonds. The first-order valence-corrected chi connectivity index (χ1v) is 7.61. The van der Waals surface area contributed by atoms with Crippen molar-refractivity contribution in [2.75, 3.05) is 20.2 Å². The van der Waals surface area contributed by atoms with Crippen molar-refractivity contribution in [1.82, 2.24) is 9.29 Å². The van der Waals surface area contributed by atoms with E-state index in [1.165, 1.54) is 7.05 Å². The summed E-state index contributed by atoms with van der Waals surface area (Å²) in [5.74, 6) is -0.478. The highest BCUT2D eigenvalue weighted by atomic mass is 35.5. The van der Waals surface area contributed by atoms with Gasteiger partial charge in [0.15, 0.2) is 0 Å².